The van der Waals surface area contributed by atoms with Crippen LogP contribution in [0.15, 0.2) is 42.5 Å². The number of amides is 2. The molecule has 0 unspecified atom stereocenters. The monoisotopic (exact) mass is 398 g/mol. The van der Waals surface area contributed by atoms with Crippen molar-refractivity contribution in [1.82, 2.24) is 10.6 Å². The normalized spacial score (nSPS) is 10.4. The van der Waals surface area contributed by atoms with Crippen LogP contribution in [0.3, 0.4) is 0 Å². The summed E-state index contributed by atoms with van der Waals surface area (Å²) in [5, 5.41) is 6.91. The van der Waals surface area contributed by atoms with Gasteiger partial charge in [-0.1, -0.05) is 53.0 Å². The first-order chi connectivity index (χ1) is 11.9. The van der Waals surface area contributed by atoms with Crippen molar-refractivity contribution in [3.63, 3.8) is 0 Å². The van der Waals surface area contributed by atoms with Crippen LogP contribution in [0.25, 0.3) is 0 Å². The minimum absolute atomic E-state index is 0.0617. The molecule has 0 fully saturated rings. The number of hydrogen-bond acceptors (Lipinski definition) is 2. The first-order valence-electron chi connectivity index (χ1n) is 7.66. The Morgan fingerprint density at radius 1 is 0.800 bits per heavy atom. The molecule has 0 bridgehead atoms. The Bertz CT molecular complexity index is 748. The van der Waals surface area contributed by atoms with Crippen molar-refractivity contribution in [3.05, 3.63) is 68.7 Å². The van der Waals surface area contributed by atoms with Crippen molar-refractivity contribution < 1.29 is 9.59 Å². The maximum atomic E-state index is 11.8. The summed E-state index contributed by atoms with van der Waals surface area (Å²) in [6.07, 6.45) is 0.789. The van der Waals surface area contributed by atoms with Crippen LogP contribution >= 0.6 is 34.8 Å². The fourth-order valence-corrected chi connectivity index (χ4v) is 2.53. The van der Waals surface area contributed by atoms with Gasteiger partial charge in [-0.2, -0.15) is 0 Å². The molecule has 0 heterocycles. The van der Waals surface area contributed by atoms with Crippen LogP contribution in [0.4, 0.5) is 0 Å². The molecule has 4 nitrogen and oxygen atoms in total. The maximum absolute atomic E-state index is 11.8. The van der Waals surface area contributed by atoms with E-state index in [1.165, 1.54) is 0 Å². The van der Waals surface area contributed by atoms with E-state index in [1.807, 2.05) is 18.2 Å². The largest absolute Gasteiger partial charge is 0.350 e. The van der Waals surface area contributed by atoms with Crippen molar-refractivity contribution in [2.75, 3.05) is 6.54 Å². The molecule has 7 heteroatoms. The highest BCUT2D eigenvalue weighted by Crippen LogP contribution is 2.23. The van der Waals surface area contributed by atoms with Crippen LogP contribution < -0.4 is 10.6 Å². The van der Waals surface area contributed by atoms with E-state index < -0.39 is 0 Å². The summed E-state index contributed by atoms with van der Waals surface area (Å²) in [5.41, 5.74) is 1.85. The van der Waals surface area contributed by atoms with Gasteiger partial charge in [-0.05, 0) is 41.8 Å². The van der Waals surface area contributed by atoms with E-state index in [1.54, 1.807) is 24.3 Å². The van der Waals surface area contributed by atoms with Crippen molar-refractivity contribution in [1.29, 1.82) is 0 Å². The van der Waals surface area contributed by atoms with Gasteiger partial charge in [0, 0.05) is 18.0 Å². The molecule has 2 amide bonds. The highest BCUT2D eigenvalue weighted by molar-refractivity contribution is 6.42. The number of benzene rings is 2. The molecule has 25 heavy (non-hydrogen) atoms. The van der Waals surface area contributed by atoms with Crippen LogP contribution in [-0.2, 0) is 22.6 Å². The standard InChI is InChI=1S/C18H17Cl3N2O2/c19-14-5-1-13(2-6-14)10-22-18(25)11-23-17(24)8-4-12-3-7-15(20)16(21)9-12/h1-3,5-7,9H,4,8,10-11H2,(H,22,25)(H,23,24). The zero-order valence-electron chi connectivity index (χ0n) is 13.3. The Hall–Kier alpha value is -1.75. The smallest absolute Gasteiger partial charge is 0.239 e. The van der Waals surface area contributed by atoms with E-state index in [9.17, 15) is 9.59 Å². The zero-order chi connectivity index (χ0) is 18.2. The van der Waals surface area contributed by atoms with Crippen molar-refractivity contribution in [2.45, 2.75) is 19.4 Å². The van der Waals surface area contributed by atoms with Gasteiger partial charge in [-0.25, -0.2) is 0 Å². The Morgan fingerprint density at radius 2 is 1.48 bits per heavy atom. The highest BCUT2D eigenvalue weighted by Gasteiger charge is 2.07. The third kappa shape index (κ3) is 6.94. The molecular formula is C18H17Cl3N2O2. The molecule has 2 rings (SSSR count). The summed E-state index contributed by atoms with van der Waals surface area (Å²) in [6, 6.07) is 12.4. The molecule has 0 saturated carbocycles. The Morgan fingerprint density at radius 3 is 2.16 bits per heavy atom. The second-order valence-electron chi connectivity index (χ2n) is 5.43. The molecule has 2 aromatic rings. The lowest BCUT2D eigenvalue weighted by molar-refractivity contribution is -0.126. The molecule has 0 aliphatic carbocycles. The van der Waals surface area contributed by atoms with E-state index in [4.69, 9.17) is 34.8 Å². The van der Waals surface area contributed by atoms with Crippen LogP contribution in [0, 0.1) is 0 Å². The van der Waals surface area contributed by atoms with Crippen molar-refractivity contribution in [2.24, 2.45) is 0 Å². The molecule has 0 atom stereocenters. The Labute approximate surface area is 161 Å². The van der Waals surface area contributed by atoms with Gasteiger partial charge >= 0.3 is 0 Å². The molecule has 0 radical (unpaired) electrons. The first kappa shape index (κ1) is 19.6. The molecule has 0 aliphatic heterocycles. The fraction of sp³-hybridized carbons (Fsp3) is 0.222. The fourth-order valence-electron chi connectivity index (χ4n) is 2.09. The van der Waals surface area contributed by atoms with E-state index in [0.717, 1.165) is 11.1 Å². The molecule has 132 valence electrons. The number of nitrogens with one attached hydrogen (secondary N) is 2. The third-order valence-corrected chi connectivity index (χ3v) is 4.46. The Kier molecular flexibility index (Phi) is 7.56. The van der Waals surface area contributed by atoms with E-state index >= 15 is 0 Å². The number of halogens is 3. The summed E-state index contributed by atoms with van der Waals surface area (Å²) < 4.78 is 0. The van der Waals surface area contributed by atoms with Gasteiger partial charge in [0.2, 0.25) is 11.8 Å². The molecule has 0 aromatic heterocycles. The lowest BCUT2D eigenvalue weighted by Crippen LogP contribution is -2.36. The SMILES string of the molecule is O=C(CCc1ccc(Cl)c(Cl)c1)NCC(=O)NCc1ccc(Cl)cc1. The summed E-state index contributed by atoms with van der Waals surface area (Å²) in [7, 11) is 0. The summed E-state index contributed by atoms with van der Waals surface area (Å²) in [4.78, 5) is 23.6. The van der Waals surface area contributed by atoms with Gasteiger partial charge in [0.15, 0.2) is 0 Å². The second-order valence-corrected chi connectivity index (χ2v) is 6.68. The molecule has 0 aliphatic rings. The molecule has 2 N–H and O–H groups in total. The van der Waals surface area contributed by atoms with Crippen LogP contribution in [0.1, 0.15) is 17.5 Å². The van der Waals surface area contributed by atoms with Gasteiger partial charge < -0.3 is 10.6 Å². The second kappa shape index (κ2) is 9.66. The predicted molar refractivity (Wildman–Crippen MR) is 101 cm³/mol. The van der Waals surface area contributed by atoms with Crippen LogP contribution in [0.2, 0.25) is 15.1 Å². The zero-order valence-corrected chi connectivity index (χ0v) is 15.6. The molecule has 0 spiro atoms. The number of carbonyl (C=O) groups is 2. The number of hydrogen-bond donors (Lipinski definition) is 2. The average molecular weight is 400 g/mol. The van der Waals surface area contributed by atoms with Gasteiger partial charge in [0.05, 0.1) is 16.6 Å². The number of rotatable bonds is 7. The van der Waals surface area contributed by atoms with Gasteiger partial charge in [-0.15, -0.1) is 0 Å². The van der Waals surface area contributed by atoms with Crippen LogP contribution in [-0.4, -0.2) is 18.4 Å². The topological polar surface area (TPSA) is 58.2 Å². The third-order valence-electron chi connectivity index (χ3n) is 3.47. The molecule has 2 aromatic carbocycles. The van der Waals surface area contributed by atoms with E-state index in [-0.39, 0.29) is 24.8 Å². The highest BCUT2D eigenvalue weighted by atomic mass is 35.5. The first-order valence-corrected chi connectivity index (χ1v) is 8.79. The van der Waals surface area contributed by atoms with E-state index in [0.29, 0.717) is 28.0 Å². The molecular weight excluding hydrogens is 383 g/mol. The van der Waals surface area contributed by atoms with Gasteiger partial charge in [-0.3, -0.25) is 9.59 Å². The predicted octanol–water partition coefficient (Wildman–Crippen LogP) is 4.01. The van der Waals surface area contributed by atoms with Crippen molar-refractivity contribution >= 4 is 46.6 Å². The Balaban J connectivity index is 1.67. The maximum Gasteiger partial charge on any atom is 0.239 e. The number of aryl methyl sites for hydroxylation is 1. The van der Waals surface area contributed by atoms with Gasteiger partial charge in [0.25, 0.3) is 0 Å². The lowest BCUT2D eigenvalue weighted by atomic mass is 10.1. The van der Waals surface area contributed by atoms with Crippen LogP contribution in [0.5, 0.6) is 0 Å². The minimum Gasteiger partial charge on any atom is -0.350 e. The average Bonchev–Trinajstić information content (AvgIpc) is 2.60. The van der Waals surface area contributed by atoms with Gasteiger partial charge in [0.1, 0.15) is 0 Å². The quantitative estimate of drug-likeness (QED) is 0.739. The summed E-state index contributed by atoms with van der Waals surface area (Å²) >= 11 is 17.6. The summed E-state index contributed by atoms with van der Waals surface area (Å²) in [6.45, 7) is 0.322. The number of carbonyl (C=O) groups excluding carboxylic acids is 2. The van der Waals surface area contributed by atoms with Crippen molar-refractivity contribution in [3.8, 4) is 0 Å². The lowest BCUT2D eigenvalue weighted by Gasteiger charge is -2.08. The minimum atomic E-state index is -0.252. The molecule has 0 saturated heterocycles. The van der Waals surface area contributed by atoms with E-state index in [2.05, 4.69) is 10.6 Å². The summed E-state index contributed by atoms with van der Waals surface area (Å²) in [5.74, 6) is -0.453.